The molecule has 1 aromatic heterocycles. The number of aryl methyl sites for hydroxylation is 1. The molecule has 1 aliphatic rings. The molecule has 0 aliphatic heterocycles. The molecular weight excluding hydrogens is 341 g/mol. The zero-order valence-electron chi connectivity index (χ0n) is 15.1. The Hall–Kier alpha value is -2.31. The summed E-state index contributed by atoms with van der Waals surface area (Å²) in [6.07, 6.45) is -1.29. The van der Waals surface area contributed by atoms with Crippen LogP contribution in [0.25, 0.3) is 0 Å². The van der Waals surface area contributed by atoms with E-state index in [1.165, 1.54) is 13.0 Å². The number of benzene rings is 1. The molecule has 0 bridgehead atoms. The smallest absolute Gasteiger partial charge is 0.352 e. The Morgan fingerprint density at radius 2 is 1.92 bits per heavy atom. The van der Waals surface area contributed by atoms with Crippen molar-refractivity contribution in [3.8, 4) is 0 Å². The molecule has 26 heavy (non-hydrogen) atoms. The largest absolute Gasteiger partial charge is 0.416 e. The standard InChI is InChI=1S/C19H23F3N4/c1-4-12(3)23-18-25-16(13-6-7-13)10-17(26-18)24-14-8-5-11(2)15(9-14)19(20,21)22/h5,8-10,12-13H,4,6-7H2,1-3H3,(H2,23,24,25,26)/t12-/m0/s1. The van der Waals surface area contributed by atoms with Crippen LogP contribution in [0.15, 0.2) is 24.3 Å². The summed E-state index contributed by atoms with van der Waals surface area (Å²) in [4.78, 5) is 8.98. The lowest BCUT2D eigenvalue weighted by Gasteiger charge is -2.16. The van der Waals surface area contributed by atoms with Crippen molar-refractivity contribution in [1.29, 1.82) is 0 Å². The van der Waals surface area contributed by atoms with Gasteiger partial charge in [0.15, 0.2) is 0 Å². The summed E-state index contributed by atoms with van der Waals surface area (Å²) in [7, 11) is 0. The van der Waals surface area contributed by atoms with Crippen LogP contribution in [0.2, 0.25) is 0 Å². The minimum Gasteiger partial charge on any atom is -0.352 e. The highest BCUT2D eigenvalue weighted by molar-refractivity contribution is 5.60. The molecule has 1 aliphatic carbocycles. The lowest BCUT2D eigenvalue weighted by molar-refractivity contribution is -0.138. The molecule has 3 rings (SSSR count). The molecule has 0 amide bonds. The van der Waals surface area contributed by atoms with Crippen molar-refractivity contribution in [2.75, 3.05) is 10.6 Å². The molecule has 1 heterocycles. The number of anilines is 3. The van der Waals surface area contributed by atoms with E-state index in [0.717, 1.165) is 31.0 Å². The number of rotatable bonds is 6. The highest BCUT2D eigenvalue weighted by Gasteiger charge is 2.32. The summed E-state index contributed by atoms with van der Waals surface area (Å²) in [6.45, 7) is 5.55. The number of nitrogens with one attached hydrogen (secondary N) is 2. The molecule has 1 aromatic carbocycles. The fraction of sp³-hybridized carbons (Fsp3) is 0.474. The van der Waals surface area contributed by atoms with E-state index in [1.54, 1.807) is 6.07 Å². The molecule has 1 atom stereocenters. The van der Waals surface area contributed by atoms with Gasteiger partial charge in [-0.25, -0.2) is 4.98 Å². The van der Waals surface area contributed by atoms with Gasteiger partial charge in [-0.3, -0.25) is 0 Å². The van der Waals surface area contributed by atoms with E-state index in [9.17, 15) is 13.2 Å². The average molecular weight is 364 g/mol. The Bertz CT molecular complexity index is 785. The van der Waals surface area contributed by atoms with Crippen LogP contribution in [-0.4, -0.2) is 16.0 Å². The van der Waals surface area contributed by atoms with Gasteiger partial charge in [0.2, 0.25) is 5.95 Å². The SMILES string of the molecule is CC[C@H](C)Nc1nc(Nc2ccc(C)c(C(F)(F)F)c2)cc(C2CC2)n1. The van der Waals surface area contributed by atoms with Gasteiger partial charge in [-0.15, -0.1) is 0 Å². The van der Waals surface area contributed by atoms with E-state index < -0.39 is 11.7 Å². The van der Waals surface area contributed by atoms with Crippen molar-refractivity contribution in [2.24, 2.45) is 0 Å². The van der Waals surface area contributed by atoms with Crippen molar-refractivity contribution in [2.45, 2.75) is 58.2 Å². The maximum atomic E-state index is 13.1. The normalized spacial score (nSPS) is 15.6. The molecule has 2 aromatic rings. The van der Waals surface area contributed by atoms with Crippen LogP contribution in [0.4, 0.5) is 30.6 Å². The first-order valence-electron chi connectivity index (χ1n) is 8.86. The Morgan fingerprint density at radius 1 is 1.19 bits per heavy atom. The maximum Gasteiger partial charge on any atom is 0.416 e. The molecule has 0 spiro atoms. The zero-order valence-corrected chi connectivity index (χ0v) is 15.1. The van der Waals surface area contributed by atoms with Crippen LogP contribution in [0.3, 0.4) is 0 Å². The van der Waals surface area contributed by atoms with E-state index in [-0.39, 0.29) is 11.6 Å². The topological polar surface area (TPSA) is 49.8 Å². The first-order chi connectivity index (χ1) is 12.3. The average Bonchev–Trinajstić information content (AvgIpc) is 3.40. The minimum atomic E-state index is -4.38. The molecule has 0 unspecified atom stereocenters. The number of aromatic nitrogens is 2. The van der Waals surface area contributed by atoms with Gasteiger partial charge in [-0.1, -0.05) is 13.0 Å². The zero-order chi connectivity index (χ0) is 18.9. The maximum absolute atomic E-state index is 13.1. The number of nitrogens with zero attached hydrogens (tertiary/aromatic N) is 2. The van der Waals surface area contributed by atoms with E-state index >= 15 is 0 Å². The third-order valence-electron chi connectivity index (χ3n) is 4.54. The van der Waals surface area contributed by atoms with Gasteiger partial charge in [0.1, 0.15) is 5.82 Å². The van der Waals surface area contributed by atoms with Crippen molar-refractivity contribution in [3.05, 3.63) is 41.1 Å². The van der Waals surface area contributed by atoms with Gasteiger partial charge in [0, 0.05) is 23.7 Å². The van der Waals surface area contributed by atoms with Gasteiger partial charge >= 0.3 is 6.18 Å². The molecule has 1 fully saturated rings. The predicted octanol–water partition coefficient (Wildman–Crippen LogP) is 5.64. The van der Waals surface area contributed by atoms with Crippen LogP contribution in [0.1, 0.15) is 55.8 Å². The Labute approximate surface area is 151 Å². The third kappa shape index (κ3) is 4.45. The van der Waals surface area contributed by atoms with E-state index in [2.05, 4.69) is 27.5 Å². The lowest BCUT2D eigenvalue weighted by atomic mass is 10.1. The van der Waals surface area contributed by atoms with E-state index in [1.807, 2.05) is 13.0 Å². The van der Waals surface area contributed by atoms with Crippen molar-refractivity contribution in [1.82, 2.24) is 9.97 Å². The van der Waals surface area contributed by atoms with Crippen molar-refractivity contribution in [3.63, 3.8) is 0 Å². The Morgan fingerprint density at radius 3 is 2.54 bits per heavy atom. The summed E-state index contributed by atoms with van der Waals surface area (Å²) in [6, 6.07) is 6.26. The molecular formula is C19H23F3N4. The monoisotopic (exact) mass is 364 g/mol. The quantitative estimate of drug-likeness (QED) is 0.697. The van der Waals surface area contributed by atoms with E-state index in [4.69, 9.17) is 0 Å². The fourth-order valence-electron chi connectivity index (χ4n) is 2.66. The van der Waals surface area contributed by atoms with Gasteiger partial charge in [0.05, 0.1) is 11.3 Å². The lowest BCUT2D eigenvalue weighted by Crippen LogP contribution is -2.16. The van der Waals surface area contributed by atoms with Gasteiger partial charge in [-0.2, -0.15) is 18.2 Å². The predicted molar refractivity (Wildman–Crippen MR) is 96.8 cm³/mol. The van der Waals surface area contributed by atoms with Crippen molar-refractivity contribution >= 4 is 17.5 Å². The number of halogens is 3. The van der Waals surface area contributed by atoms with Crippen LogP contribution >= 0.6 is 0 Å². The van der Waals surface area contributed by atoms with Gasteiger partial charge < -0.3 is 10.6 Å². The van der Waals surface area contributed by atoms with Crippen LogP contribution in [0, 0.1) is 6.92 Å². The highest BCUT2D eigenvalue weighted by Crippen LogP contribution is 2.40. The second kappa shape index (κ2) is 7.13. The number of hydrogen-bond acceptors (Lipinski definition) is 4. The molecule has 0 radical (unpaired) electrons. The number of hydrogen-bond donors (Lipinski definition) is 2. The van der Waals surface area contributed by atoms with Crippen LogP contribution in [0.5, 0.6) is 0 Å². The molecule has 4 nitrogen and oxygen atoms in total. The minimum absolute atomic E-state index is 0.198. The fourth-order valence-corrected chi connectivity index (χ4v) is 2.66. The summed E-state index contributed by atoms with van der Waals surface area (Å²) in [5, 5.41) is 6.25. The van der Waals surface area contributed by atoms with Gasteiger partial charge in [0.25, 0.3) is 0 Å². The molecule has 2 N–H and O–H groups in total. The summed E-state index contributed by atoms with van der Waals surface area (Å²) in [5.41, 5.74) is 0.842. The summed E-state index contributed by atoms with van der Waals surface area (Å²) in [5.74, 6) is 1.43. The van der Waals surface area contributed by atoms with Crippen LogP contribution in [-0.2, 0) is 6.18 Å². The Balaban J connectivity index is 1.89. The molecule has 7 heteroatoms. The number of alkyl halides is 3. The third-order valence-corrected chi connectivity index (χ3v) is 4.54. The molecule has 0 saturated heterocycles. The Kier molecular flexibility index (Phi) is 5.07. The van der Waals surface area contributed by atoms with Gasteiger partial charge in [-0.05, 0) is 50.8 Å². The first-order valence-corrected chi connectivity index (χ1v) is 8.86. The summed E-state index contributed by atoms with van der Waals surface area (Å²) >= 11 is 0. The molecule has 140 valence electrons. The van der Waals surface area contributed by atoms with Crippen molar-refractivity contribution < 1.29 is 13.2 Å². The van der Waals surface area contributed by atoms with Crippen LogP contribution < -0.4 is 10.6 Å². The van der Waals surface area contributed by atoms with E-state index in [0.29, 0.717) is 23.4 Å². The highest BCUT2D eigenvalue weighted by atomic mass is 19.4. The first kappa shape index (κ1) is 18.5. The molecule has 1 saturated carbocycles. The second-order valence-electron chi connectivity index (χ2n) is 6.88. The second-order valence-corrected chi connectivity index (χ2v) is 6.88. The summed E-state index contributed by atoms with van der Waals surface area (Å²) < 4.78 is 39.4.